The number of ether oxygens (including phenoxy) is 1. The van der Waals surface area contributed by atoms with Gasteiger partial charge in [-0.05, 0) is 31.1 Å². The Morgan fingerprint density at radius 3 is 3.05 bits per heavy atom. The summed E-state index contributed by atoms with van der Waals surface area (Å²) < 4.78 is 5.40. The molecule has 0 aromatic carbocycles. The van der Waals surface area contributed by atoms with Crippen LogP contribution in [0.1, 0.15) is 36.3 Å². The highest BCUT2D eigenvalue weighted by molar-refractivity contribution is 7.15. The van der Waals surface area contributed by atoms with Crippen molar-refractivity contribution in [2.75, 3.05) is 11.9 Å². The topological polar surface area (TPSA) is 63.2 Å². The lowest BCUT2D eigenvalue weighted by Crippen LogP contribution is -2.40. The molecule has 1 aromatic heterocycles. The third-order valence-corrected chi connectivity index (χ3v) is 5.76. The minimum absolute atomic E-state index is 0.102. The van der Waals surface area contributed by atoms with Crippen molar-refractivity contribution in [1.29, 1.82) is 0 Å². The third kappa shape index (κ3) is 2.31. The monoisotopic (exact) mass is 293 g/mol. The number of rotatable bonds is 2. The lowest BCUT2D eigenvalue weighted by molar-refractivity contribution is 0.112. The Labute approximate surface area is 122 Å². The number of nitrogens with zero attached hydrogens (tertiary/aromatic N) is 1. The molecule has 2 bridgehead atoms. The summed E-state index contributed by atoms with van der Waals surface area (Å²) in [6.45, 7) is 1.36. The minimum atomic E-state index is -0.102. The van der Waals surface area contributed by atoms with Gasteiger partial charge in [-0.3, -0.25) is 5.32 Å². The van der Waals surface area contributed by atoms with Crippen LogP contribution in [0.5, 0.6) is 0 Å². The number of hydrogen-bond donors (Lipinski definition) is 2. The molecule has 2 heterocycles. The summed E-state index contributed by atoms with van der Waals surface area (Å²) >= 11 is 1.53. The van der Waals surface area contributed by atoms with Gasteiger partial charge in [-0.25, -0.2) is 9.78 Å². The number of nitrogens with one attached hydrogen (secondary N) is 2. The Hall–Kier alpha value is -1.14. The first kappa shape index (κ1) is 12.6. The van der Waals surface area contributed by atoms with Gasteiger partial charge in [0.25, 0.3) is 0 Å². The van der Waals surface area contributed by atoms with E-state index in [1.54, 1.807) is 0 Å². The number of hydrogen-bond acceptors (Lipinski definition) is 4. The molecule has 2 saturated carbocycles. The smallest absolute Gasteiger partial charge is 0.321 e. The van der Waals surface area contributed by atoms with Gasteiger partial charge >= 0.3 is 6.03 Å². The van der Waals surface area contributed by atoms with Crippen molar-refractivity contribution >= 4 is 22.5 Å². The number of fused-ring (bicyclic) bond motifs is 3. The van der Waals surface area contributed by atoms with E-state index in [1.165, 1.54) is 30.6 Å². The van der Waals surface area contributed by atoms with Crippen molar-refractivity contribution in [3.05, 3.63) is 10.6 Å². The molecule has 2 fully saturated rings. The molecule has 3 aliphatic rings. The van der Waals surface area contributed by atoms with Crippen molar-refractivity contribution < 1.29 is 9.53 Å². The number of carbonyl (C=O) groups excluding carboxylic acids is 1. The maximum atomic E-state index is 12.1. The first-order valence-electron chi connectivity index (χ1n) is 7.42. The Morgan fingerprint density at radius 1 is 1.35 bits per heavy atom. The van der Waals surface area contributed by atoms with Crippen LogP contribution >= 0.6 is 11.3 Å². The summed E-state index contributed by atoms with van der Waals surface area (Å²) in [5.74, 6) is 1.54. The van der Waals surface area contributed by atoms with Gasteiger partial charge in [-0.15, -0.1) is 0 Å². The standard InChI is InChI=1S/C14H19N3O2S/c18-13(15-11-6-8-1-2-9(11)5-8)17-14-16-10-3-4-19-7-12(10)20-14/h8-9,11H,1-7H2,(H2,15,16,17,18)/t8-,9-,11-/m0/s1. The molecule has 4 rings (SSSR count). The van der Waals surface area contributed by atoms with Gasteiger partial charge in [0.2, 0.25) is 0 Å². The average molecular weight is 293 g/mol. The molecular formula is C14H19N3O2S. The van der Waals surface area contributed by atoms with Gasteiger partial charge in [0.1, 0.15) is 0 Å². The van der Waals surface area contributed by atoms with E-state index in [0.29, 0.717) is 23.7 Å². The third-order valence-electron chi connectivity index (χ3n) is 4.77. The molecule has 2 N–H and O–H groups in total. The predicted molar refractivity (Wildman–Crippen MR) is 76.9 cm³/mol. The first-order chi connectivity index (χ1) is 9.78. The lowest BCUT2D eigenvalue weighted by atomic mass is 9.95. The number of amides is 2. The van der Waals surface area contributed by atoms with Crippen LogP contribution in [0.15, 0.2) is 0 Å². The van der Waals surface area contributed by atoms with Crippen LogP contribution in [-0.2, 0) is 17.8 Å². The maximum absolute atomic E-state index is 12.1. The molecular weight excluding hydrogens is 274 g/mol. The zero-order chi connectivity index (χ0) is 13.5. The van der Waals surface area contributed by atoms with Crippen LogP contribution in [0.25, 0.3) is 0 Å². The number of anilines is 1. The Balaban J connectivity index is 1.36. The SMILES string of the molecule is O=C(Nc1nc2c(s1)COCC2)N[C@H]1C[C@H]2CC[C@H]1C2. The molecule has 2 aliphatic carbocycles. The van der Waals surface area contributed by atoms with Crippen molar-refractivity contribution in [1.82, 2.24) is 10.3 Å². The van der Waals surface area contributed by atoms with Crippen LogP contribution < -0.4 is 10.6 Å². The summed E-state index contributed by atoms with van der Waals surface area (Å²) in [5, 5.41) is 6.71. The van der Waals surface area contributed by atoms with E-state index in [9.17, 15) is 4.79 Å². The fourth-order valence-corrected chi connectivity index (χ4v) is 4.74. The van der Waals surface area contributed by atoms with Crippen molar-refractivity contribution in [3.63, 3.8) is 0 Å². The van der Waals surface area contributed by atoms with Gasteiger partial charge in [0, 0.05) is 12.5 Å². The van der Waals surface area contributed by atoms with Crippen molar-refractivity contribution in [3.8, 4) is 0 Å². The number of urea groups is 1. The maximum Gasteiger partial charge on any atom is 0.321 e. The Kier molecular flexibility index (Phi) is 3.15. The summed E-state index contributed by atoms with van der Waals surface area (Å²) in [6, 6.07) is 0.265. The highest BCUT2D eigenvalue weighted by Crippen LogP contribution is 2.44. The molecule has 0 saturated heterocycles. The predicted octanol–water partition coefficient (Wildman–Crippen LogP) is 2.53. The van der Waals surface area contributed by atoms with E-state index in [-0.39, 0.29) is 6.03 Å². The van der Waals surface area contributed by atoms with Crippen molar-refractivity contribution in [2.45, 2.75) is 44.8 Å². The normalized spacial score (nSPS) is 31.1. The molecule has 0 radical (unpaired) electrons. The molecule has 6 heteroatoms. The van der Waals surface area contributed by atoms with Gasteiger partial charge in [0.15, 0.2) is 5.13 Å². The lowest BCUT2D eigenvalue weighted by Gasteiger charge is -2.22. The van der Waals surface area contributed by atoms with Crippen LogP contribution in [0.4, 0.5) is 9.93 Å². The summed E-state index contributed by atoms with van der Waals surface area (Å²) in [5.41, 5.74) is 1.08. The molecule has 1 aromatic rings. The zero-order valence-electron chi connectivity index (χ0n) is 11.4. The molecule has 5 nitrogen and oxygen atoms in total. The molecule has 2 amide bonds. The fraction of sp³-hybridized carbons (Fsp3) is 0.714. The van der Waals surface area contributed by atoms with Crippen LogP contribution in [0.2, 0.25) is 0 Å². The van der Waals surface area contributed by atoms with E-state index in [4.69, 9.17) is 4.74 Å². The van der Waals surface area contributed by atoms with Crippen molar-refractivity contribution in [2.24, 2.45) is 11.8 Å². The molecule has 1 aliphatic heterocycles. The fourth-order valence-electron chi connectivity index (χ4n) is 3.80. The second-order valence-electron chi connectivity index (χ2n) is 6.07. The number of carbonyl (C=O) groups is 1. The molecule has 0 spiro atoms. The minimum Gasteiger partial charge on any atom is -0.375 e. The van der Waals surface area contributed by atoms with Gasteiger partial charge < -0.3 is 10.1 Å². The Bertz CT molecular complexity index is 507. The second-order valence-corrected chi connectivity index (χ2v) is 7.15. The van der Waals surface area contributed by atoms with E-state index < -0.39 is 0 Å². The van der Waals surface area contributed by atoms with E-state index >= 15 is 0 Å². The molecule has 20 heavy (non-hydrogen) atoms. The van der Waals surface area contributed by atoms with Crippen LogP contribution in [0, 0.1) is 11.8 Å². The Morgan fingerprint density at radius 2 is 2.30 bits per heavy atom. The second kappa shape index (κ2) is 5.00. The average Bonchev–Trinajstić information content (AvgIpc) is 3.11. The van der Waals surface area contributed by atoms with Gasteiger partial charge in [0.05, 0.1) is 23.8 Å². The largest absolute Gasteiger partial charge is 0.375 e. The number of aromatic nitrogens is 1. The van der Waals surface area contributed by atoms with E-state index in [0.717, 1.165) is 35.9 Å². The van der Waals surface area contributed by atoms with E-state index in [1.807, 2.05) is 0 Å². The summed E-state index contributed by atoms with van der Waals surface area (Å²) in [4.78, 5) is 17.7. The summed E-state index contributed by atoms with van der Waals surface area (Å²) in [6.07, 6.45) is 5.93. The first-order valence-corrected chi connectivity index (χ1v) is 8.23. The summed E-state index contributed by atoms with van der Waals surface area (Å²) in [7, 11) is 0. The molecule has 0 unspecified atom stereocenters. The molecule has 3 atom stereocenters. The van der Waals surface area contributed by atoms with Crippen LogP contribution in [0.3, 0.4) is 0 Å². The van der Waals surface area contributed by atoms with Crippen LogP contribution in [-0.4, -0.2) is 23.7 Å². The number of thiazole rings is 1. The van der Waals surface area contributed by atoms with E-state index in [2.05, 4.69) is 15.6 Å². The quantitative estimate of drug-likeness (QED) is 0.880. The zero-order valence-corrected chi connectivity index (χ0v) is 12.2. The van der Waals surface area contributed by atoms with Gasteiger partial charge in [-0.2, -0.15) is 0 Å². The highest BCUT2D eigenvalue weighted by Gasteiger charge is 2.40. The van der Waals surface area contributed by atoms with Gasteiger partial charge in [-0.1, -0.05) is 17.8 Å². The molecule has 108 valence electrons. The highest BCUT2D eigenvalue weighted by atomic mass is 32.1.